The van der Waals surface area contributed by atoms with E-state index >= 15 is 0 Å². The third-order valence-corrected chi connectivity index (χ3v) is 5.85. The van der Waals surface area contributed by atoms with Crippen molar-refractivity contribution in [2.45, 2.75) is 45.6 Å². The molecule has 0 fully saturated rings. The Hall–Kier alpha value is -3.18. The van der Waals surface area contributed by atoms with E-state index in [1.807, 2.05) is 72.8 Å². The normalized spacial score (nSPS) is 12.0. The molecule has 33 heavy (non-hydrogen) atoms. The van der Waals surface area contributed by atoms with Crippen LogP contribution in [0.1, 0.15) is 67.2 Å². The molecule has 3 rings (SSSR count). The summed E-state index contributed by atoms with van der Waals surface area (Å²) in [5.74, 6) is 0.812. The summed E-state index contributed by atoms with van der Waals surface area (Å²) < 4.78 is 5.24. The highest BCUT2D eigenvalue weighted by atomic mass is 32.1. The fraction of sp³-hybridized carbons (Fsp3) is 0.286. The molecule has 0 aliphatic carbocycles. The Balaban J connectivity index is 1.68. The summed E-state index contributed by atoms with van der Waals surface area (Å²) in [5, 5.41) is 7.09. The molecule has 0 saturated heterocycles. The number of ether oxygens (including phenoxy) is 1. The average Bonchev–Trinajstić information content (AvgIpc) is 2.82. The van der Waals surface area contributed by atoms with Gasteiger partial charge in [0.05, 0.1) is 13.2 Å². The van der Waals surface area contributed by atoms with Crippen LogP contribution in [0, 0.1) is 0 Å². The molecule has 2 N–H and O–H groups in total. The number of methoxy groups -OCH3 is 1. The van der Waals surface area contributed by atoms with Crippen LogP contribution < -0.4 is 15.4 Å². The molecule has 0 aliphatic rings. The molecule has 0 saturated carbocycles. The lowest BCUT2D eigenvalue weighted by molar-refractivity contribution is 0.103. The van der Waals surface area contributed by atoms with Gasteiger partial charge in [-0.15, -0.1) is 0 Å². The Labute approximate surface area is 202 Å². The van der Waals surface area contributed by atoms with Gasteiger partial charge in [-0.05, 0) is 59.4 Å². The van der Waals surface area contributed by atoms with Gasteiger partial charge in [-0.1, -0.05) is 76.2 Å². The molecule has 0 aliphatic heterocycles. The zero-order chi connectivity index (χ0) is 24.0. The second-order valence-corrected chi connectivity index (χ2v) is 9.48. The SMILES string of the molecule is CCC(NC(=S)Nc1cccc(C(=O)c2ccc(C(C)(C)C)cc2)c1)c1ccc(OC)cc1. The molecule has 0 amide bonds. The lowest BCUT2D eigenvalue weighted by Gasteiger charge is -2.20. The molecule has 3 aromatic rings. The third-order valence-electron chi connectivity index (χ3n) is 5.63. The number of ketones is 1. The molecule has 5 heteroatoms. The monoisotopic (exact) mass is 460 g/mol. The number of hydrogen-bond donors (Lipinski definition) is 2. The lowest BCUT2D eigenvalue weighted by Crippen LogP contribution is -2.32. The lowest BCUT2D eigenvalue weighted by atomic mass is 9.86. The second-order valence-electron chi connectivity index (χ2n) is 9.07. The van der Waals surface area contributed by atoms with Crippen molar-refractivity contribution in [3.8, 4) is 5.75 Å². The van der Waals surface area contributed by atoms with E-state index in [-0.39, 0.29) is 17.2 Å². The van der Waals surface area contributed by atoms with E-state index in [4.69, 9.17) is 17.0 Å². The van der Waals surface area contributed by atoms with Crippen LogP contribution in [0.2, 0.25) is 0 Å². The number of carbonyl (C=O) groups is 1. The van der Waals surface area contributed by atoms with Crippen molar-refractivity contribution in [1.82, 2.24) is 5.32 Å². The second kappa shape index (κ2) is 10.6. The molecule has 0 radical (unpaired) electrons. The minimum atomic E-state index is -0.0114. The number of anilines is 1. The molecule has 1 unspecified atom stereocenters. The summed E-state index contributed by atoms with van der Waals surface area (Å²) >= 11 is 5.55. The quantitative estimate of drug-likeness (QED) is 0.305. The summed E-state index contributed by atoms with van der Waals surface area (Å²) in [6.07, 6.45) is 0.872. The van der Waals surface area contributed by atoms with E-state index in [1.54, 1.807) is 7.11 Å². The summed E-state index contributed by atoms with van der Waals surface area (Å²) in [6.45, 7) is 8.59. The first-order chi connectivity index (χ1) is 15.7. The zero-order valence-electron chi connectivity index (χ0n) is 19.9. The molecule has 0 bridgehead atoms. The van der Waals surface area contributed by atoms with Crippen LogP contribution >= 0.6 is 12.2 Å². The minimum Gasteiger partial charge on any atom is -0.497 e. The predicted molar refractivity (Wildman–Crippen MR) is 140 cm³/mol. The van der Waals surface area contributed by atoms with E-state index in [2.05, 4.69) is 38.3 Å². The van der Waals surface area contributed by atoms with Gasteiger partial charge in [-0.25, -0.2) is 0 Å². The Bertz CT molecular complexity index is 1100. The highest BCUT2D eigenvalue weighted by Crippen LogP contribution is 2.24. The highest BCUT2D eigenvalue weighted by molar-refractivity contribution is 7.80. The summed E-state index contributed by atoms with van der Waals surface area (Å²) in [5.41, 5.74) is 4.45. The molecule has 1 atom stereocenters. The first-order valence-electron chi connectivity index (χ1n) is 11.2. The molecular weight excluding hydrogens is 428 g/mol. The predicted octanol–water partition coefficient (Wildman–Crippen LogP) is 6.66. The van der Waals surface area contributed by atoms with Crippen molar-refractivity contribution in [2.75, 3.05) is 12.4 Å². The number of rotatable bonds is 7. The van der Waals surface area contributed by atoms with Gasteiger partial charge in [0.25, 0.3) is 0 Å². The van der Waals surface area contributed by atoms with Gasteiger partial charge in [-0.3, -0.25) is 4.79 Å². The standard InChI is InChI=1S/C28H32N2O2S/c1-6-25(19-12-16-24(32-5)17-13-19)30-27(33)29-23-9-7-8-21(18-23)26(31)20-10-14-22(15-11-20)28(2,3)4/h7-18,25H,6H2,1-5H3,(H2,29,30,33). The van der Waals surface area contributed by atoms with Crippen LogP contribution in [-0.2, 0) is 5.41 Å². The number of carbonyl (C=O) groups excluding carboxylic acids is 1. The molecule has 0 aromatic heterocycles. The van der Waals surface area contributed by atoms with Gasteiger partial charge in [0.1, 0.15) is 5.75 Å². The van der Waals surface area contributed by atoms with E-state index in [9.17, 15) is 4.79 Å². The first kappa shape index (κ1) is 24.5. The van der Waals surface area contributed by atoms with E-state index in [1.165, 1.54) is 5.56 Å². The topological polar surface area (TPSA) is 50.4 Å². The summed E-state index contributed by atoms with van der Waals surface area (Å²) in [4.78, 5) is 13.0. The summed E-state index contributed by atoms with van der Waals surface area (Å²) in [6, 6.07) is 23.3. The maximum absolute atomic E-state index is 13.0. The Kier molecular flexibility index (Phi) is 7.88. The van der Waals surface area contributed by atoms with Crippen molar-refractivity contribution < 1.29 is 9.53 Å². The fourth-order valence-electron chi connectivity index (χ4n) is 3.61. The number of hydrogen-bond acceptors (Lipinski definition) is 3. The Morgan fingerprint density at radius 2 is 1.64 bits per heavy atom. The molecule has 4 nitrogen and oxygen atoms in total. The van der Waals surface area contributed by atoms with E-state index < -0.39 is 0 Å². The van der Waals surface area contributed by atoms with Crippen molar-refractivity contribution in [3.05, 3.63) is 95.1 Å². The van der Waals surface area contributed by atoms with Crippen LogP contribution in [0.5, 0.6) is 5.75 Å². The van der Waals surface area contributed by atoms with Crippen LogP contribution in [0.15, 0.2) is 72.8 Å². The van der Waals surface area contributed by atoms with Gasteiger partial charge >= 0.3 is 0 Å². The van der Waals surface area contributed by atoms with Gasteiger partial charge in [-0.2, -0.15) is 0 Å². The Morgan fingerprint density at radius 3 is 2.21 bits per heavy atom. The van der Waals surface area contributed by atoms with Gasteiger partial charge < -0.3 is 15.4 Å². The molecule has 0 spiro atoms. The van der Waals surface area contributed by atoms with Crippen LogP contribution in [0.25, 0.3) is 0 Å². The summed E-state index contributed by atoms with van der Waals surface area (Å²) in [7, 11) is 1.66. The first-order valence-corrected chi connectivity index (χ1v) is 11.6. The number of benzene rings is 3. The maximum atomic E-state index is 13.0. The molecule has 172 valence electrons. The number of thiocarbonyl (C=S) groups is 1. The minimum absolute atomic E-state index is 0.0114. The van der Waals surface area contributed by atoms with Crippen LogP contribution in [0.4, 0.5) is 5.69 Å². The van der Waals surface area contributed by atoms with Crippen molar-refractivity contribution in [1.29, 1.82) is 0 Å². The van der Waals surface area contributed by atoms with Crippen LogP contribution in [-0.4, -0.2) is 18.0 Å². The van der Waals surface area contributed by atoms with Gasteiger partial charge in [0, 0.05) is 16.8 Å². The van der Waals surface area contributed by atoms with E-state index in [0.717, 1.165) is 23.4 Å². The van der Waals surface area contributed by atoms with E-state index in [0.29, 0.717) is 16.2 Å². The smallest absolute Gasteiger partial charge is 0.193 e. The van der Waals surface area contributed by atoms with Crippen LogP contribution in [0.3, 0.4) is 0 Å². The highest BCUT2D eigenvalue weighted by Gasteiger charge is 2.16. The average molecular weight is 461 g/mol. The molecule has 0 heterocycles. The number of nitrogens with one attached hydrogen (secondary N) is 2. The van der Waals surface area contributed by atoms with Crippen molar-refractivity contribution in [3.63, 3.8) is 0 Å². The molecule has 3 aromatic carbocycles. The van der Waals surface area contributed by atoms with Gasteiger partial charge in [0.15, 0.2) is 10.9 Å². The largest absolute Gasteiger partial charge is 0.497 e. The zero-order valence-corrected chi connectivity index (χ0v) is 20.8. The molecular formula is C28H32N2O2S. The Morgan fingerprint density at radius 1 is 0.970 bits per heavy atom. The van der Waals surface area contributed by atoms with Crippen molar-refractivity contribution >= 4 is 28.8 Å². The third kappa shape index (κ3) is 6.42. The van der Waals surface area contributed by atoms with Crippen molar-refractivity contribution in [2.24, 2.45) is 0 Å². The fourth-order valence-corrected chi connectivity index (χ4v) is 3.87. The maximum Gasteiger partial charge on any atom is 0.193 e. The van der Waals surface area contributed by atoms with Gasteiger partial charge in [0.2, 0.25) is 0 Å².